The molecule has 0 spiro atoms. The van der Waals surface area contributed by atoms with Crippen LogP contribution in [0.5, 0.6) is 5.75 Å². The van der Waals surface area contributed by atoms with Gasteiger partial charge in [0.25, 0.3) is 0 Å². The molecule has 3 heteroatoms. The lowest BCUT2D eigenvalue weighted by atomic mass is 10.2. The third kappa shape index (κ3) is 2.78. The summed E-state index contributed by atoms with van der Waals surface area (Å²) in [7, 11) is 0. The van der Waals surface area contributed by atoms with Crippen LogP contribution in [-0.2, 0) is 0 Å². The van der Waals surface area contributed by atoms with Gasteiger partial charge in [-0.15, -0.1) is 0 Å². The van der Waals surface area contributed by atoms with Gasteiger partial charge in [0.15, 0.2) is 0 Å². The van der Waals surface area contributed by atoms with Gasteiger partial charge in [-0.05, 0) is 43.2 Å². The Labute approximate surface area is 101 Å². The van der Waals surface area contributed by atoms with E-state index in [1.807, 2.05) is 24.3 Å². The smallest absolute Gasteiger partial charge is 0.123 e. The number of alkyl halides is 1. The lowest BCUT2D eigenvalue weighted by Crippen LogP contribution is -1.99. The number of allylic oxidation sites excluding steroid dienone is 2. The molecule has 1 aliphatic carbocycles. The first-order chi connectivity index (χ1) is 8.26. The molecule has 92 valence electrons. The van der Waals surface area contributed by atoms with Crippen molar-refractivity contribution < 1.29 is 9.13 Å². The number of hydrogen-bond acceptors (Lipinski definition) is 2. The van der Waals surface area contributed by atoms with E-state index in [0.29, 0.717) is 11.7 Å². The molecule has 17 heavy (non-hydrogen) atoms. The Morgan fingerprint density at radius 1 is 1.29 bits per heavy atom. The zero-order chi connectivity index (χ0) is 12.3. The molecule has 0 aliphatic heterocycles. The average Bonchev–Trinajstić information content (AvgIpc) is 2.98. The molecule has 0 fully saturated rings. The van der Waals surface area contributed by atoms with E-state index < -0.39 is 6.67 Å². The van der Waals surface area contributed by atoms with E-state index in [9.17, 15) is 4.39 Å². The van der Waals surface area contributed by atoms with Crippen LogP contribution >= 0.6 is 0 Å². The summed E-state index contributed by atoms with van der Waals surface area (Å²) < 4.78 is 17.1. The predicted octanol–water partition coefficient (Wildman–Crippen LogP) is 3.76. The number of halogens is 1. The maximum atomic E-state index is 11.9. The van der Waals surface area contributed by atoms with Gasteiger partial charge in [0.2, 0.25) is 0 Å². The number of anilines is 1. The molecule has 0 heterocycles. The maximum Gasteiger partial charge on any atom is 0.123 e. The number of rotatable bonds is 6. The van der Waals surface area contributed by atoms with Crippen molar-refractivity contribution in [3.05, 3.63) is 35.5 Å². The zero-order valence-electron chi connectivity index (χ0n) is 10.3. The van der Waals surface area contributed by atoms with E-state index in [0.717, 1.165) is 12.1 Å². The molecule has 0 radical (unpaired) electrons. The number of hydrogen-bond donors (Lipinski definition) is 1. The standard InChI is InChI=1S/C14H18FNO/c1-3-13-10(2)14(13)16-11-4-6-12(7-5-11)17-9-8-15/h4-7,13,16H,3,8-9H2,1-2H3. The molecular weight excluding hydrogens is 217 g/mol. The zero-order valence-corrected chi connectivity index (χ0v) is 10.3. The predicted molar refractivity (Wildman–Crippen MR) is 68.0 cm³/mol. The largest absolute Gasteiger partial charge is 0.491 e. The van der Waals surface area contributed by atoms with Gasteiger partial charge < -0.3 is 10.1 Å². The number of nitrogens with one attached hydrogen (secondary N) is 1. The Balaban J connectivity index is 1.91. The first kappa shape index (κ1) is 12.0. The summed E-state index contributed by atoms with van der Waals surface area (Å²) in [5, 5.41) is 3.40. The summed E-state index contributed by atoms with van der Waals surface area (Å²) in [6, 6.07) is 7.63. The van der Waals surface area contributed by atoms with E-state index >= 15 is 0 Å². The van der Waals surface area contributed by atoms with Crippen LogP contribution in [0.25, 0.3) is 0 Å². The van der Waals surface area contributed by atoms with Crippen LogP contribution < -0.4 is 10.1 Å². The second kappa shape index (κ2) is 5.21. The van der Waals surface area contributed by atoms with Crippen LogP contribution in [0.2, 0.25) is 0 Å². The van der Waals surface area contributed by atoms with Crippen LogP contribution in [0.1, 0.15) is 20.3 Å². The van der Waals surface area contributed by atoms with E-state index in [-0.39, 0.29) is 6.61 Å². The summed E-state index contributed by atoms with van der Waals surface area (Å²) in [5.41, 5.74) is 3.85. The van der Waals surface area contributed by atoms with Gasteiger partial charge in [0, 0.05) is 17.3 Å². The fourth-order valence-corrected chi connectivity index (χ4v) is 2.03. The van der Waals surface area contributed by atoms with Crippen LogP contribution in [-0.4, -0.2) is 13.3 Å². The van der Waals surface area contributed by atoms with Gasteiger partial charge in [0.1, 0.15) is 19.0 Å². The lowest BCUT2D eigenvalue weighted by molar-refractivity contribution is 0.273. The van der Waals surface area contributed by atoms with Crippen LogP contribution in [0.15, 0.2) is 35.5 Å². The van der Waals surface area contributed by atoms with Gasteiger partial charge in [-0.1, -0.05) is 6.92 Å². The van der Waals surface area contributed by atoms with Crippen molar-refractivity contribution in [3.63, 3.8) is 0 Å². The molecule has 0 saturated heterocycles. The maximum absolute atomic E-state index is 11.9. The molecule has 0 amide bonds. The molecule has 2 nitrogen and oxygen atoms in total. The Morgan fingerprint density at radius 2 is 2.00 bits per heavy atom. The first-order valence-electron chi connectivity index (χ1n) is 6.02. The molecule has 1 aliphatic rings. The third-order valence-electron chi connectivity index (χ3n) is 3.10. The van der Waals surface area contributed by atoms with Crippen molar-refractivity contribution in [2.45, 2.75) is 20.3 Å². The second-order valence-corrected chi connectivity index (χ2v) is 4.24. The minimum absolute atomic E-state index is 0.120. The number of benzene rings is 1. The van der Waals surface area contributed by atoms with E-state index in [2.05, 4.69) is 19.2 Å². The van der Waals surface area contributed by atoms with Crippen molar-refractivity contribution >= 4 is 5.69 Å². The molecule has 2 rings (SSSR count). The molecule has 1 atom stereocenters. The van der Waals surface area contributed by atoms with Crippen LogP contribution in [0.3, 0.4) is 0 Å². The minimum Gasteiger partial charge on any atom is -0.491 e. The Morgan fingerprint density at radius 3 is 2.53 bits per heavy atom. The molecule has 0 saturated carbocycles. The molecule has 0 bridgehead atoms. The summed E-state index contributed by atoms with van der Waals surface area (Å²) >= 11 is 0. The van der Waals surface area contributed by atoms with Crippen LogP contribution in [0, 0.1) is 5.92 Å². The van der Waals surface area contributed by atoms with Crippen molar-refractivity contribution in [3.8, 4) is 5.75 Å². The van der Waals surface area contributed by atoms with Gasteiger partial charge in [-0.3, -0.25) is 0 Å². The van der Waals surface area contributed by atoms with Crippen molar-refractivity contribution in [2.24, 2.45) is 5.92 Å². The molecule has 1 unspecified atom stereocenters. The monoisotopic (exact) mass is 235 g/mol. The molecular formula is C14H18FNO. The highest BCUT2D eigenvalue weighted by Gasteiger charge is 2.30. The fraction of sp³-hybridized carbons (Fsp3) is 0.429. The minimum atomic E-state index is -0.454. The normalized spacial score (nSPS) is 18.2. The quantitative estimate of drug-likeness (QED) is 0.810. The second-order valence-electron chi connectivity index (χ2n) is 4.24. The highest BCUT2D eigenvalue weighted by atomic mass is 19.1. The highest BCUT2D eigenvalue weighted by molar-refractivity contribution is 5.57. The first-order valence-corrected chi connectivity index (χ1v) is 6.02. The van der Waals surface area contributed by atoms with Gasteiger partial charge >= 0.3 is 0 Å². The fourth-order valence-electron chi connectivity index (χ4n) is 2.03. The van der Waals surface area contributed by atoms with E-state index in [4.69, 9.17) is 4.74 Å². The lowest BCUT2D eigenvalue weighted by Gasteiger charge is -2.06. The van der Waals surface area contributed by atoms with Crippen molar-refractivity contribution in [1.82, 2.24) is 0 Å². The van der Waals surface area contributed by atoms with Gasteiger partial charge in [0.05, 0.1) is 0 Å². The molecule has 0 aromatic heterocycles. The molecule has 1 aromatic carbocycles. The van der Waals surface area contributed by atoms with Gasteiger partial charge in [-0.25, -0.2) is 4.39 Å². The summed E-state index contributed by atoms with van der Waals surface area (Å²) in [6.45, 7) is 4.02. The third-order valence-corrected chi connectivity index (χ3v) is 3.10. The SMILES string of the molecule is CCC1C(C)=C1Nc1ccc(OCCF)cc1. The number of ether oxygens (including phenoxy) is 1. The van der Waals surface area contributed by atoms with Gasteiger partial charge in [-0.2, -0.15) is 0 Å². The summed E-state index contributed by atoms with van der Waals surface area (Å²) in [5.74, 6) is 1.35. The van der Waals surface area contributed by atoms with Crippen molar-refractivity contribution in [1.29, 1.82) is 0 Å². The summed E-state index contributed by atoms with van der Waals surface area (Å²) in [4.78, 5) is 0. The Bertz CT molecular complexity index is 411. The van der Waals surface area contributed by atoms with E-state index in [1.54, 1.807) is 0 Å². The Kier molecular flexibility index (Phi) is 3.67. The topological polar surface area (TPSA) is 21.3 Å². The molecule has 1 aromatic rings. The molecule has 1 N–H and O–H groups in total. The Hall–Kier alpha value is -1.51. The van der Waals surface area contributed by atoms with Crippen molar-refractivity contribution in [2.75, 3.05) is 18.6 Å². The average molecular weight is 235 g/mol. The van der Waals surface area contributed by atoms with Crippen LogP contribution in [0.4, 0.5) is 10.1 Å². The summed E-state index contributed by atoms with van der Waals surface area (Å²) in [6.07, 6.45) is 1.16. The van der Waals surface area contributed by atoms with E-state index in [1.165, 1.54) is 11.3 Å². The highest BCUT2D eigenvalue weighted by Crippen LogP contribution is 2.41.